The average Bonchev–Trinajstić information content (AvgIpc) is 2.85. The van der Waals surface area contributed by atoms with E-state index in [0.717, 1.165) is 19.6 Å². The van der Waals surface area contributed by atoms with Crippen molar-refractivity contribution in [1.29, 1.82) is 0 Å². The topological polar surface area (TPSA) is 35.6 Å². The minimum absolute atomic E-state index is 0. The summed E-state index contributed by atoms with van der Waals surface area (Å²) in [6.45, 7) is 10.1. The van der Waals surface area contributed by atoms with E-state index in [-0.39, 0.29) is 12.4 Å². The van der Waals surface area contributed by atoms with Crippen LogP contribution in [0, 0.1) is 0 Å². The molecule has 0 aromatic rings. The van der Waals surface area contributed by atoms with Crippen molar-refractivity contribution in [3.05, 3.63) is 0 Å². The second-order valence-corrected chi connectivity index (χ2v) is 6.36. The lowest BCUT2D eigenvalue weighted by Gasteiger charge is -2.38. The number of halogens is 1. The first-order valence-electron chi connectivity index (χ1n) is 7.85. The first kappa shape index (κ1) is 17.7. The maximum Gasteiger partial charge on any atom is 0.237 e. The molecule has 1 amide bonds. The molecule has 1 heterocycles. The van der Waals surface area contributed by atoms with Gasteiger partial charge >= 0.3 is 0 Å². The summed E-state index contributed by atoms with van der Waals surface area (Å²) in [5, 5.41) is 3.38. The van der Waals surface area contributed by atoms with Crippen LogP contribution in [0.5, 0.6) is 0 Å². The number of carbonyl (C=O) groups is 1. The molecule has 1 saturated carbocycles. The minimum Gasteiger partial charge on any atom is -0.336 e. The number of nitrogens with one attached hydrogen (secondary N) is 1. The van der Waals surface area contributed by atoms with Crippen molar-refractivity contribution >= 4 is 18.3 Å². The Bertz CT molecular complexity index is 305. The Balaban J connectivity index is 0.00000200. The van der Waals surface area contributed by atoms with Gasteiger partial charge in [-0.05, 0) is 33.6 Å². The Hall–Kier alpha value is -0.320. The summed E-state index contributed by atoms with van der Waals surface area (Å²) in [7, 11) is 0. The lowest BCUT2D eigenvalue weighted by Crippen LogP contribution is -2.55. The van der Waals surface area contributed by atoms with E-state index in [0.29, 0.717) is 30.6 Å². The van der Waals surface area contributed by atoms with Crippen molar-refractivity contribution in [2.24, 2.45) is 0 Å². The quantitative estimate of drug-likeness (QED) is 0.861. The Kier molecular flexibility index (Phi) is 7.27. The lowest BCUT2D eigenvalue weighted by atomic mass is 10.1. The molecule has 0 aromatic carbocycles. The van der Waals surface area contributed by atoms with Crippen molar-refractivity contribution in [1.82, 2.24) is 15.1 Å². The molecule has 5 heteroatoms. The van der Waals surface area contributed by atoms with E-state index in [1.807, 2.05) is 0 Å². The fourth-order valence-electron chi connectivity index (χ4n) is 3.47. The Morgan fingerprint density at radius 3 is 2.55 bits per heavy atom. The molecule has 1 aliphatic carbocycles. The molecule has 0 bridgehead atoms. The molecule has 2 rings (SSSR count). The van der Waals surface area contributed by atoms with E-state index in [4.69, 9.17) is 0 Å². The highest BCUT2D eigenvalue weighted by Gasteiger charge is 2.30. The highest BCUT2D eigenvalue weighted by atomic mass is 35.5. The van der Waals surface area contributed by atoms with Crippen molar-refractivity contribution in [3.63, 3.8) is 0 Å². The minimum atomic E-state index is 0. The van der Waals surface area contributed by atoms with Gasteiger partial charge in [-0.3, -0.25) is 9.69 Å². The van der Waals surface area contributed by atoms with Crippen LogP contribution in [0.25, 0.3) is 0 Å². The number of amides is 1. The summed E-state index contributed by atoms with van der Waals surface area (Å²) < 4.78 is 0. The molecule has 2 aliphatic rings. The van der Waals surface area contributed by atoms with Crippen molar-refractivity contribution in [2.75, 3.05) is 26.2 Å². The van der Waals surface area contributed by atoms with Gasteiger partial charge in [-0.25, -0.2) is 0 Å². The monoisotopic (exact) mass is 303 g/mol. The van der Waals surface area contributed by atoms with Crippen LogP contribution in [0.4, 0.5) is 0 Å². The van der Waals surface area contributed by atoms with Crippen LogP contribution < -0.4 is 5.32 Å². The third-order valence-corrected chi connectivity index (χ3v) is 4.54. The van der Waals surface area contributed by atoms with E-state index in [2.05, 4.69) is 35.9 Å². The first-order valence-corrected chi connectivity index (χ1v) is 7.85. The van der Waals surface area contributed by atoms with Gasteiger partial charge in [-0.1, -0.05) is 12.8 Å². The average molecular weight is 304 g/mol. The molecule has 1 N–H and O–H groups in total. The van der Waals surface area contributed by atoms with Crippen molar-refractivity contribution in [3.8, 4) is 0 Å². The van der Waals surface area contributed by atoms with Crippen LogP contribution >= 0.6 is 12.4 Å². The zero-order valence-corrected chi connectivity index (χ0v) is 13.9. The van der Waals surface area contributed by atoms with E-state index in [9.17, 15) is 4.79 Å². The molecule has 0 aromatic heterocycles. The molecule has 1 aliphatic heterocycles. The van der Waals surface area contributed by atoms with Gasteiger partial charge in [0.05, 0.1) is 6.54 Å². The maximum atomic E-state index is 12.6. The highest BCUT2D eigenvalue weighted by molar-refractivity contribution is 5.85. The van der Waals surface area contributed by atoms with Crippen LogP contribution in [0.15, 0.2) is 0 Å². The predicted octanol–water partition coefficient (Wildman–Crippen LogP) is 1.88. The van der Waals surface area contributed by atoms with Gasteiger partial charge in [-0.15, -0.1) is 12.4 Å². The van der Waals surface area contributed by atoms with Gasteiger partial charge in [0.25, 0.3) is 0 Å². The molecule has 0 radical (unpaired) electrons. The number of nitrogens with zero attached hydrogens (tertiary/aromatic N) is 2. The molecule has 1 saturated heterocycles. The predicted molar refractivity (Wildman–Crippen MR) is 85.4 cm³/mol. The number of hydrogen-bond acceptors (Lipinski definition) is 3. The molecule has 4 nitrogen and oxygen atoms in total. The molecule has 0 spiro atoms. The molecule has 20 heavy (non-hydrogen) atoms. The third kappa shape index (κ3) is 4.34. The maximum absolute atomic E-state index is 12.6. The smallest absolute Gasteiger partial charge is 0.237 e. The van der Waals surface area contributed by atoms with Crippen LogP contribution in [0.2, 0.25) is 0 Å². The van der Waals surface area contributed by atoms with Gasteiger partial charge in [0.2, 0.25) is 5.91 Å². The zero-order chi connectivity index (χ0) is 13.8. The number of carbonyl (C=O) groups excluding carboxylic acids is 1. The van der Waals surface area contributed by atoms with Crippen LogP contribution in [-0.2, 0) is 4.79 Å². The normalized spacial score (nSPS) is 24.7. The standard InChI is InChI=1S/C15H29N3O.ClH/c1-12(2)18(14-6-4-5-7-14)15(19)11-17-9-8-16-10-13(17)3;/h12-14,16H,4-11H2,1-3H3;1H/t13-;/m1./s1. The van der Waals surface area contributed by atoms with Crippen LogP contribution in [0.1, 0.15) is 46.5 Å². The zero-order valence-electron chi connectivity index (χ0n) is 13.1. The van der Waals surface area contributed by atoms with E-state index >= 15 is 0 Å². The summed E-state index contributed by atoms with van der Waals surface area (Å²) in [5.74, 6) is 0.329. The Morgan fingerprint density at radius 1 is 1.35 bits per heavy atom. The van der Waals surface area contributed by atoms with Gasteiger partial charge < -0.3 is 10.2 Å². The van der Waals surface area contributed by atoms with Gasteiger partial charge in [0.15, 0.2) is 0 Å². The van der Waals surface area contributed by atoms with Crippen molar-refractivity contribution < 1.29 is 4.79 Å². The number of rotatable bonds is 4. The SMILES string of the molecule is CC(C)N(C(=O)CN1CCNC[C@H]1C)C1CCCC1.Cl. The summed E-state index contributed by atoms with van der Waals surface area (Å²) in [5.41, 5.74) is 0. The summed E-state index contributed by atoms with van der Waals surface area (Å²) in [6.07, 6.45) is 4.96. The van der Waals surface area contributed by atoms with Gasteiger partial charge in [0.1, 0.15) is 0 Å². The second kappa shape index (κ2) is 8.20. The number of hydrogen-bond donors (Lipinski definition) is 1. The van der Waals surface area contributed by atoms with Crippen molar-refractivity contribution in [2.45, 2.75) is 64.6 Å². The summed E-state index contributed by atoms with van der Waals surface area (Å²) >= 11 is 0. The van der Waals surface area contributed by atoms with Crippen LogP contribution in [0.3, 0.4) is 0 Å². The fourth-order valence-corrected chi connectivity index (χ4v) is 3.47. The summed E-state index contributed by atoms with van der Waals surface area (Å²) in [4.78, 5) is 17.1. The highest BCUT2D eigenvalue weighted by Crippen LogP contribution is 2.25. The molecular formula is C15H30ClN3O. The molecular weight excluding hydrogens is 274 g/mol. The van der Waals surface area contributed by atoms with E-state index in [1.54, 1.807) is 0 Å². The summed E-state index contributed by atoms with van der Waals surface area (Å²) in [6, 6.07) is 1.29. The Labute approximate surface area is 129 Å². The third-order valence-electron chi connectivity index (χ3n) is 4.54. The van der Waals surface area contributed by atoms with Gasteiger partial charge in [-0.2, -0.15) is 0 Å². The van der Waals surface area contributed by atoms with Gasteiger partial charge in [0, 0.05) is 37.8 Å². The van der Waals surface area contributed by atoms with E-state index < -0.39 is 0 Å². The second-order valence-electron chi connectivity index (χ2n) is 6.36. The molecule has 118 valence electrons. The molecule has 0 unspecified atom stereocenters. The number of piperazine rings is 1. The molecule has 2 fully saturated rings. The van der Waals surface area contributed by atoms with E-state index in [1.165, 1.54) is 25.7 Å². The first-order chi connectivity index (χ1) is 9.09. The van der Waals surface area contributed by atoms with Crippen LogP contribution in [-0.4, -0.2) is 60.0 Å². The molecule has 1 atom stereocenters. The Morgan fingerprint density at radius 2 is 2.00 bits per heavy atom. The fraction of sp³-hybridized carbons (Fsp3) is 0.933. The lowest BCUT2D eigenvalue weighted by molar-refractivity contribution is -0.137. The largest absolute Gasteiger partial charge is 0.336 e.